The number of rotatable bonds is 2. The molecule has 1 heterocycles. The van der Waals surface area contributed by atoms with Crippen molar-refractivity contribution in [2.45, 2.75) is 6.18 Å². The maximum atomic E-state index is 13.0. The van der Waals surface area contributed by atoms with Gasteiger partial charge in [0.1, 0.15) is 22.5 Å². The lowest BCUT2D eigenvalue weighted by Crippen LogP contribution is -2.11. The number of benzene rings is 1. The highest BCUT2D eigenvalue weighted by atomic mass is 35.5. The van der Waals surface area contributed by atoms with E-state index in [0.717, 1.165) is 18.2 Å². The van der Waals surface area contributed by atoms with Gasteiger partial charge in [-0.2, -0.15) is 13.2 Å². The molecule has 0 aliphatic heterocycles. The van der Waals surface area contributed by atoms with E-state index in [4.69, 9.17) is 11.6 Å². The number of hydrogen-bond acceptors (Lipinski definition) is 2. The molecule has 1 aromatic carbocycles. The van der Waals surface area contributed by atoms with Crippen LogP contribution in [0.5, 0.6) is 0 Å². The molecule has 1 aromatic heterocycles. The normalized spacial score (nSPS) is 11.5. The number of carbonyl (C=O) groups excluding carboxylic acids is 1. The van der Waals surface area contributed by atoms with Crippen molar-refractivity contribution >= 4 is 17.4 Å². The van der Waals surface area contributed by atoms with Gasteiger partial charge in [0.15, 0.2) is 5.78 Å². The quantitative estimate of drug-likeness (QED) is 0.470. The zero-order chi connectivity index (χ0) is 15.8. The smallest absolute Gasteiger partial charge is 0.288 e. The number of aromatic nitrogens is 1. The largest absolute Gasteiger partial charge is 0.433 e. The third-order valence-corrected chi connectivity index (χ3v) is 2.80. The Morgan fingerprint density at radius 2 is 1.62 bits per heavy atom. The van der Waals surface area contributed by atoms with Gasteiger partial charge in [-0.25, -0.2) is 13.8 Å². The molecule has 0 saturated carbocycles. The van der Waals surface area contributed by atoms with Crippen LogP contribution in [0.1, 0.15) is 21.6 Å². The first-order chi connectivity index (χ1) is 9.68. The average molecular weight is 322 g/mol. The number of ketones is 1. The molecule has 0 aliphatic carbocycles. The lowest BCUT2D eigenvalue weighted by Gasteiger charge is -2.08. The number of hydrogen-bond donors (Lipinski definition) is 0. The predicted octanol–water partition coefficient (Wildman–Crippen LogP) is 4.26. The van der Waals surface area contributed by atoms with Crippen molar-refractivity contribution in [3.63, 3.8) is 0 Å². The van der Waals surface area contributed by atoms with Crippen LogP contribution in [0.25, 0.3) is 0 Å². The maximum Gasteiger partial charge on any atom is 0.433 e. The van der Waals surface area contributed by atoms with E-state index in [1.807, 2.05) is 0 Å². The Morgan fingerprint density at radius 3 is 2.10 bits per heavy atom. The van der Waals surface area contributed by atoms with E-state index in [1.165, 1.54) is 0 Å². The Labute approximate surface area is 120 Å². The van der Waals surface area contributed by atoms with Crippen molar-refractivity contribution in [2.24, 2.45) is 0 Å². The molecule has 0 spiro atoms. The van der Waals surface area contributed by atoms with Crippen molar-refractivity contribution in [2.75, 3.05) is 0 Å². The summed E-state index contributed by atoms with van der Waals surface area (Å²) in [5.74, 6) is -2.91. The van der Waals surface area contributed by atoms with Gasteiger partial charge in [-0.15, -0.1) is 0 Å². The second kappa shape index (κ2) is 5.40. The van der Waals surface area contributed by atoms with Gasteiger partial charge in [-0.05, 0) is 24.3 Å². The third-order valence-electron chi connectivity index (χ3n) is 2.51. The minimum Gasteiger partial charge on any atom is -0.288 e. The Balaban J connectivity index is 2.44. The molecule has 21 heavy (non-hydrogen) atoms. The van der Waals surface area contributed by atoms with Crippen LogP contribution < -0.4 is 0 Å². The number of halogens is 6. The lowest BCUT2D eigenvalue weighted by atomic mass is 10.0. The van der Waals surface area contributed by atoms with E-state index < -0.39 is 34.4 Å². The van der Waals surface area contributed by atoms with E-state index >= 15 is 0 Å². The average Bonchev–Trinajstić information content (AvgIpc) is 2.35. The molecule has 0 aliphatic rings. The zero-order valence-electron chi connectivity index (χ0n) is 10.0. The highest BCUT2D eigenvalue weighted by molar-refractivity contribution is 6.33. The molecular formula is C13H5ClF5NO. The standard InChI is InChI=1S/C13H5ClF5NO/c14-12-9(1-2-10(20-12)13(17,18)19)11(21)6-3-7(15)5-8(16)4-6/h1-5H. The summed E-state index contributed by atoms with van der Waals surface area (Å²) in [6, 6.07) is 3.43. The molecule has 2 rings (SSSR count). The first kappa shape index (κ1) is 15.4. The van der Waals surface area contributed by atoms with Crippen molar-refractivity contribution in [1.82, 2.24) is 4.98 Å². The molecule has 0 N–H and O–H groups in total. The summed E-state index contributed by atoms with van der Waals surface area (Å²) in [6.07, 6.45) is -4.71. The van der Waals surface area contributed by atoms with Crippen LogP contribution in [0.15, 0.2) is 30.3 Å². The van der Waals surface area contributed by atoms with Gasteiger partial charge in [-0.3, -0.25) is 4.79 Å². The molecule has 110 valence electrons. The lowest BCUT2D eigenvalue weighted by molar-refractivity contribution is -0.141. The van der Waals surface area contributed by atoms with Crippen LogP contribution in [0, 0.1) is 11.6 Å². The van der Waals surface area contributed by atoms with E-state index in [0.29, 0.717) is 12.1 Å². The summed E-state index contributed by atoms with van der Waals surface area (Å²) in [4.78, 5) is 15.1. The topological polar surface area (TPSA) is 30.0 Å². The highest BCUT2D eigenvalue weighted by Gasteiger charge is 2.33. The summed E-state index contributed by atoms with van der Waals surface area (Å²) in [5, 5.41) is -0.695. The molecular weight excluding hydrogens is 317 g/mol. The zero-order valence-corrected chi connectivity index (χ0v) is 10.8. The van der Waals surface area contributed by atoms with Gasteiger partial charge in [0.2, 0.25) is 0 Å². The molecule has 0 bridgehead atoms. The monoisotopic (exact) mass is 321 g/mol. The first-order valence-electron chi connectivity index (χ1n) is 5.43. The molecule has 0 radical (unpaired) electrons. The van der Waals surface area contributed by atoms with Gasteiger partial charge < -0.3 is 0 Å². The number of alkyl halides is 3. The predicted molar refractivity (Wildman–Crippen MR) is 64.0 cm³/mol. The van der Waals surface area contributed by atoms with Crippen molar-refractivity contribution in [3.8, 4) is 0 Å². The second-order valence-corrected chi connectivity index (χ2v) is 4.38. The Bertz CT molecular complexity index is 694. The van der Waals surface area contributed by atoms with Crippen molar-refractivity contribution in [1.29, 1.82) is 0 Å². The van der Waals surface area contributed by atoms with Crippen LogP contribution in [-0.4, -0.2) is 10.8 Å². The van der Waals surface area contributed by atoms with Gasteiger partial charge >= 0.3 is 6.18 Å². The summed E-state index contributed by atoms with van der Waals surface area (Å²) < 4.78 is 63.3. The molecule has 2 aromatic rings. The molecule has 2 nitrogen and oxygen atoms in total. The fourth-order valence-electron chi connectivity index (χ4n) is 1.60. The van der Waals surface area contributed by atoms with Crippen molar-refractivity contribution in [3.05, 3.63) is 63.9 Å². The molecule has 0 unspecified atom stereocenters. The SMILES string of the molecule is O=C(c1cc(F)cc(F)c1)c1ccc(C(F)(F)F)nc1Cl. The highest BCUT2D eigenvalue weighted by Crippen LogP contribution is 2.30. The van der Waals surface area contributed by atoms with Crippen LogP contribution in [-0.2, 0) is 6.18 Å². The number of pyridine rings is 1. The van der Waals surface area contributed by atoms with Crippen LogP contribution >= 0.6 is 11.6 Å². The Morgan fingerprint density at radius 1 is 1.05 bits per heavy atom. The third kappa shape index (κ3) is 3.36. The van der Waals surface area contributed by atoms with Crippen LogP contribution in [0.4, 0.5) is 22.0 Å². The Hall–Kier alpha value is -2.02. The minimum absolute atomic E-state index is 0.379. The maximum absolute atomic E-state index is 13.0. The second-order valence-electron chi connectivity index (χ2n) is 4.02. The summed E-state index contributed by atoms with van der Waals surface area (Å²) in [7, 11) is 0. The van der Waals surface area contributed by atoms with Gasteiger partial charge in [0.05, 0.1) is 5.56 Å². The minimum atomic E-state index is -4.71. The summed E-state index contributed by atoms with van der Waals surface area (Å²) in [6.45, 7) is 0. The first-order valence-corrected chi connectivity index (χ1v) is 5.81. The van der Waals surface area contributed by atoms with Gasteiger partial charge in [-0.1, -0.05) is 11.6 Å². The van der Waals surface area contributed by atoms with E-state index in [2.05, 4.69) is 4.98 Å². The molecule has 0 amide bonds. The fourth-order valence-corrected chi connectivity index (χ4v) is 1.84. The summed E-state index contributed by atoms with van der Waals surface area (Å²) in [5.41, 5.74) is -2.03. The molecule has 0 fully saturated rings. The number of carbonyl (C=O) groups is 1. The molecule has 0 atom stereocenters. The molecule has 0 saturated heterocycles. The van der Waals surface area contributed by atoms with E-state index in [1.54, 1.807) is 0 Å². The number of nitrogens with zero attached hydrogens (tertiary/aromatic N) is 1. The summed E-state index contributed by atoms with van der Waals surface area (Å²) >= 11 is 5.54. The van der Waals surface area contributed by atoms with Crippen molar-refractivity contribution < 1.29 is 26.7 Å². The Kier molecular flexibility index (Phi) is 3.95. The van der Waals surface area contributed by atoms with Crippen LogP contribution in [0.2, 0.25) is 5.15 Å². The van der Waals surface area contributed by atoms with Gasteiger partial charge in [0, 0.05) is 11.6 Å². The van der Waals surface area contributed by atoms with E-state index in [-0.39, 0.29) is 11.1 Å². The molecule has 8 heteroatoms. The van der Waals surface area contributed by atoms with Crippen LogP contribution in [0.3, 0.4) is 0 Å². The van der Waals surface area contributed by atoms with Gasteiger partial charge in [0.25, 0.3) is 0 Å². The van der Waals surface area contributed by atoms with E-state index in [9.17, 15) is 26.7 Å². The fraction of sp³-hybridized carbons (Fsp3) is 0.0769.